The van der Waals surface area contributed by atoms with Gasteiger partial charge in [0.2, 0.25) is 0 Å². The fourth-order valence-corrected chi connectivity index (χ4v) is 2.88. The molecule has 106 valence electrons. The minimum Gasteiger partial charge on any atom is -0.508 e. The first kappa shape index (κ1) is 14.4. The zero-order valence-electron chi connectivity index (χ0n) is 12.4. The maximum absolute atomic E-state index is 9.78. The van der Waals surface area contributed by atoms with E-state index in [1.807, 2.05) is 18.2 Å². The van der Waals surface area contributed by atoms with Gasteiger partial charge >= 0.3 is 0 Å². The lowest BCUT2D eigenvalue weighted by Gasteiger charge is -2.35. The average Bonchev–Trinajstić information content (AvgIpc) is 2.35. The number of aromatic hydroxyl groups is 1. The van der Waals surface area contributed by atoms with Gasteiger partial charge in [-0.2, -0.15) is 0 Å². The van der Waals surface area contributed by atoms with Crippen molar-refractivity contribution in [2.75, 3.05) is 0 Å². The summed E-state index contributed by atoms with van der Waals surface area (Å²) in [7, 11) is 0. The van der Waals surface area contributed by atoms with Crippen LogP contribution in [0.1, 0.15) is 52.0 Å². The van der Waals surface area contributed by atoms with Gasteiger partial charge in [-0.05, 0) is 49.7 Å². The normalized spacial score (nSPS) is 21.2. The standard InChI is InChI=1S/C17H26O2/c1-13(12-14-6-4-5-7-16(14)18)19-15-8-10-17(2,3)11-9-15/h4-7,13,15,18H,8-12H2,1-3H3. The highest BCUT2D eigenvalue weighted by atomic mass is 16.5. The Bertz CT molecular complexity index is 401. The molecule has 1 fully saturated rings. The van der Waals surface area contributed by atoms with Gasteiger partial charge in [-0.1, -0.05) is 32.0 Å². The van der Waals surface area contributed by atoms with E-state index in [2.05, 4.69) is 20.8 Å². The van der Waals surface area contributed by atoms with Crippen molar-refractivity contribution in [3.8, 4) is 5.75 Å². The van der Waals surface area contributed by atoms with Crippen molar-refractivity contribution in [1.82, 2.24) is 0 Å². The van der Waals surface area contributed by atoms with Gasteiger partial charge in [-0.25, -0.2) is 0 Å². The summed E-state index contributed by atoms with van der Waals surface area (Å²) in [5.41, 5.74) is 1.46. The first-order chi connectivity index (χ1) is 8.96. The molecule has 0 amide bonds. The van der Waals surface area contributed by atoms with Gasteiger partial charge in [-0.15, -0.1) is 0 Å². The maximum Gasteiger partial charge on any atom is 0.118 e. The van der Waals surface area contributed by atoms with Crippen LogP contribution in [0.15, 0.2) is 24.3 Å². The predicted molar refractivity (Wildman–Crippen MR) is 78.4 cm³/mol. The molecule has 0 heterocycles. The van der Waals surface area contributed by atoms with E-state index < -0.39 is 0 Å². The Kier molecular flexibility index (Phi) is 4.51. The quantitative estimate of drug-likeness (QED) is 0.876. The smallest absolute Gasteiger partial charge is 0.118 e. The number of benzene rings is 1. The van der Waals surface area contributed by atoms with Crippen LogP contribution in [0.3, 0.4) is 0 Å². The SMILES string of the molecule is CC(Cc1ccccc1O)OC1CCC(C)(C)CC1. The Labute approximate surface area is 116 Å². The van der Waals surface area contributed by atoms with Crippen molar-refractivity contribution in [3.05, 3.63) is 29.8 Å². The molecule has 0 radical (unpaired) electrons. The molecule has 0 aliphatic heterocycles. The van der Waals surface area contributed by atoms with Crippen molar-refractivity contribution in [2.45, 2.75) is 65.1 Å². The van der Waals surface area contributed by atoms with Crippen LogP contribution in [0.4, 0.5) is 0 Å². The Morgan fingerprint density at radius 3 is 2.53 bits per heavy atom. The molecular weight excluding hydrogens is 236 g/mol. The molecule has 1 N–H and O–H groups in total. The average molecular weight is 262 g/mol. The van der Waals surface area contributed by atoms with Crippen molar-refractivity contribution < 1.29 is 9.84 Å². The van der Waals surface area contributed by atoms with E-state index in [0.717, 1.165) is 24.8 Å². The number of rotatable bonds is 4. The lowest BCUT2D eigenvalue weighted by molar-refractivity contribution is -0.0371. The minimum absolute atomic E-state index is 0.166. The molecule has 1 aromatic rings. The van der Waals surface area contributed by atoms with Crippen LogP contribution in [0, 0.1) is 5.41 Å². The minimum atomic E-state index is 0.166. The Morgan fingerprint density at radius 1 is 1.26 bits per heavy atom. The summed E-state index contributed by atoms with van der Waals surface area (Å²) in [5.74, 6) is 0.378. The highest BCUT2D eigenvalue weighted by Gasteiger charge is 2.28. The molecule has 2 rings (SSSR count). The van der Waals surface area contributed by atoms with E-state index in [1.165, 1.54) is 12.8 Å². The van der Waals surface area contributed by atoms with Crippen molar-refractivity contribution >= 4 is 0 Å². The molecule has 2 nitrogen and oxygen atoms in total. The highest BCUT2D eigenvalue weighted by molar-refractivity contribution is 5.32. The van der Waals surface area contributed by atoms with Gasteiger partial charge < -0.3 is 9.84 Å². The third-order valence-corrected chi connectivity index (χ3v) is 4.21. The molecule has 1 unspecified atom stereocenters. The second-order valence-corrected chi connectivity index (χ2v) is 6.64. The lowest BCUT2D eigenvalue weighted by atomic mass is 9.76. The number of para-hydroxylation sites is 1. The summed E-state index contributed by atoms with van der Waals surface area (Å²) in [5, 5.41) is 9.78. The summed E-state index contributed by atoms with van der Waals surface area (Å²) in [6.45, 7) is 6.79. The van der Waals surface area contributed by atoms with E-state index in [1.54, 1.807) is 6.07 Å². The van der Waals surface area contributed by atoms with Gasteiger partial charge in [0.05, 0.1) is 12.2 Å². The predicted octanol–water partition coefficient (Wildman–Crippen LogP) is 4.31. The third-order valence-electron chi connectivity index (χ3n) is 4.21. The topological polar surface area (TPSA) is 29.5 Å². The molecule has 0 bridgehead atoms. The second-order valence-electron chi connectivity index (χ2n) is 6.64. The number of ether oxygens (including phenoxy) is 1. The van der Waals surface area contributed by atoms with Crippen LogP contribution < -0.4 is 0 Å². The highest BCUT2D eigenvalue weighted by Crippen LogP contribution is 2.36. The largest absolute Gasteiger partial charge is 0.508 e. The molecular formula is C17H26O2. The van der Waals surface area contributed by atoms with Crippen molar-refractivity contribution in [1.29, 1.82) is 0 Å². The third kappa shape index (κ3) is 4.24. The number of hydrogen-bond acceptors (Lipinski definition) is 2. The summed E-state index contributed by atoms with van der Waals surface area (Å²) >= 11 is 0. The monoisotopic (exact) mass is 262 g/mol. The fourth-order valence-electron chi connectivity index (χ4n) is 2.88. The summed E-state index contributed by atoms with van der Waals surface area (Å²) in [6.07, 6.45) is 6.18. The van der Waals surface area contributed by atoms with Crippen LogP contribution in [-0.2, 0) is 11.2 Å². The van der Waals surface area contributed by atoms with E-state index >= 15 is 0 Å². The van der Waals surface area contributed by atoms with Gasteiger partial charge in [0, 0.05) is 6.42 Å². The first-order valence-corrected chi connectivity index (χ1v) is 7.39. The Morgan fingerprint density at radius 2 is 1.89 bits per heavy atom. The van der Waals surface area contributed by atoms with E-state index in [9.17, 15) is 5.11 Å². The summed E-state index contributed by atoms with van der Waals surface area (Å²) < 4.78 is 6.13. The van der Waals surface area contributed by atoms with E-state index in [0.29, 0.717) is 17.3 Å². The van der Waals surface area contributed by atoms with E-state index in [4.69, 9.17) is 4.74 Å². The molecule has 1 aliphatic carbocycles. The summed E-state index contributed by atoms with van der Waals surface area (Å²) in [4.78, 5) is 0. The van der Waals surface area contributed by atoms with Crippen LogP contribution in [0.5, 0.6) is 5.75 Å². The Hall–Kier alpha value is -1.02. The molecule has 2 heteroatoms. The number of phenols is 1. The van der Waals surface area contributed by atoms with E-state index in [-0.39, 0.29) is 6.10 Å². The lowest BCUT2D eigenvalue weighted by Crippen LogP contribution is -2.29. The molecule has 0 aromatic heterocycles. The van der Waals surface area contributed by atoms with Crippen LogP contribution >= 0.6 is 0 Å². The van der Waals surface area contributed by atoms with Gasteiger partial charge in [0.15, 0.2) is 0 Å². The van der Waals surface area contributed by atoms with Gasteiger partial charge in [-0.3, -0.25) is 0 Å². The fraction of sp³-hybridized carbons (Fsp3) is 0.647. The van der Waals surface area contributed by atoms with Crippen LogP contribution in [0.2, 0.25) is 0 Å². The Balaban J connectivity index is 1.82. The molecule has 0 saturated heterocycles. The number of hydrogen-bond donors (Lipinski definition) is 1. The van der Waals surface area contributed by atoms with Gasteiger partial charge in [0.25, 0.3) is 0 Å². The number of phenolic OH excluding ortho intramolecular Hbond substituents is 1. The molecule has 1 aromatic carbocycles. The van der Waals surface area contributed by atoms with Gasteiger partial charge in [0.1, 0.15) is 5.75 Å². The molecule has 1 saturated carbocycles. The second kappa shape index (κ2) is 5.96. The first-order valence-electron chi connectivity index (χ1n) is 7.39. The molecule has 0 spiro atoms. The van der Waals surface area contributed by atoms with Crippen LogP contribution in [0.25, 0.3) is 0 Å². The van der Waals surface area contributed by atoms with Crippen molar-refractivity contribution in [2.24, 2.45) is 5.41 Å². The maximum atomic E-state index is 9.78. The zero-order chi connectivity index (χ0) is 13.9. The zero-order valence-corrected chi connectivity index (χ0v) is 12.4. The summed E-state index contributed by atoms with van der Waals surface area (Å²) in [6, 6.07) is 7.53. The molecule has 19 heavy (non-hydrogen) atoms. The van der Waals surface area contributed by atoms with Crippen molar-refractivity contribution in [3.63, 3.8) is 0 Å². The van der Waals surface area contributed by atoms with Crippen LogP contribution in [-0.4, -0.2) is 17.3 Å². The molecule has 1 aliphatic rings. The molecule has 1 atom stereocenters.